The average molecular weight is 422 g/mol. The second kappa shape index (κ2) is 8.79. The molecule has 1 saturated heterocycles. The maximum absolute atomic E-state index is 13.2. The van der Waals surface area contributed by atoms with Crippen molar-refractivity contribution in [3.63, 3.8) is 0 Å². The van der Waals surface area contributed by atoms with Crippen LogP contribution in [0.2, 0.25) is 0 Å². The first kappa shape index (κ1) is 20.9. The minimum absolute atomic E-state index is 0.0482. The Morgan fingerprint density at radius 2 is 1.87 bits per heavy atom. The van der Waals surface area contributed by atoms with Crippen molar-refractivity contribution in [3.05, 3.63) is 59.4 Å². The number of hydrogen-bond acceptors (Lipinski definition) is 6. The quantitative estimate of drug-likeness (QED) is 0.447. The zero-order valence-electron chi connectivity index (χ0n) is 17.7. The van der Waals surface area contributed by atoms with Crippen LogP contribution in [0.25, 0.3) is 5.76 Å². The van der Waals surface area contributed by atoms with Gasteiger partial charge in [0.05, 0.1) is 31.4 Å². The molecule has 162 valence electrons. The number of carbonyl (C=O) groups is 2. The van der Waals surface area contributed by atoms with E-state index in [4.69, 9.17) is 9.47 Å². The number of hydrogen-bond donors (Lipinski definition) is 1. The lowest BCUT2D eigenvalue weighted by Crippen LogP contribution is -2.40. The zero-order valence-corrected chi connectivity index (χ0v) is 17.7. The molecule has 0 radical (unpaired) electrons. The van der Waals surface area contributed by atoms with Crippen molar-refractivity contribution in [1.29, 1.82) is 0 Å². The van der Waals surface area contributed by atoms with Gasteiger partial charge in [0.15, 0.2) is 0 Å². The maximum atomic E-state index is 13.2. The number of nitrogens with zero attached hydrogens (tertiary/aromatic N) is 2. The Hall–Kier alpha value is -3.35. The smallest absolute Gasteiger partial charge is 0.295 e. The van der Waals surface area contributed by atoms with Crippen molar-refractivity contribution >= 4 is 17.4 Å². The summed E-state index contributed by atoms with van der Waals surface area (Å²) in [6, 6.07) is 7.81. The van der Waals surface area contributed by atoms with E-state index in [9.17, 15) is 14.7 Å². The van der Waals surface area contributed by atoms with Crippen molar-refractivity contribution < 1.29 is 24.2 Å². The number of carbonyl (C=O) groups excluding carboxylic acids is 2. The minimum Gasteiger partial charge on any atom is -0.507 e. The summed E-state index contributed by atoms with van der Waals surface area (Å²) < 4.78 is 10.7. The average Bonchev–Trinajstić information content (AvgIpc) is 3.09. The highest BCUT2D eigenvalue weighted by atomic mass is 16.5. The number of ether oxygens (including phenoxy) is 2. The van der Waals surface area contributed by atoms with Crippen LogP contribution in [0.4, 0.5) is 0 Å². The summed E-state index contributed by atoms with van der Waals surface area (Å²) in [5.74, 6) is -0.666. The molecule has 2 aromatic rings. The lowest BCUT2D eigenvalue weighted by Gasteiger charge is -2.35. The molecule has 31 heavy (non-hydrogen) atoms. The van der Waals surface area contributed by atoms with Crippen LogP contribution in [0.5, 0.6) is 11.5 Å². The maximum Gasteiger partial charge on any atom is 0.295 e. The van der Waals surface area contributed by atoms with Crippen LogP contribution in [-0.4, -0.2) is 46.9 Å². The molecule has 2 aliphatic rings. The monoisotopic (exact) mass is 422 g/mol. The third kappa shape index (κ3) is 3.76. The number of aromatic nitrogens is 1. The SMILES string of the molecule is COc1ccc(OC)c(/C(O)=C2\C(=O)C(=O)N(C3CCCCC3)C2c2cccnc2)c1. The standard InChI is InChI=1S/C24H26N2O5/c1-30-17-10-11-19(31-2)18(13-17)22(27)20-21(15-7-6-12-25-14-15)26(24(29)23(20)28)16-8-4-3-5-9-16/h6-7,10-14,16,21,27H,3-5,8-9H2,1-2H3/b22-20+. The number of likely N-dealkylation sites (tertiary alicyclic amines) is 1. The third-order valence-corrected chi connectivity index (χ3v) is 6.11. The van der Waals surface area contributed by atoms with E-state index >= 15 is 0 Å². The number of amides is 1. The highest BCUT2D eigenvalue weighted by Gasteiger charge is 2.49. The first-order chi connectivity index (χ1) is 15.1. The Morgan fingerprint density at radius 1 is 1.10 bits per heavy atom. The van der Waals surface area contributed by atoms with E-state index in [0.717, 1.165) is 32.1 Å². The van der Waals surface area contributed by atoms with Gasteiger partial charge in [-0.15, -0.1) is 0 Å². The van der Waals surface area contributed by atoms with Crippen molar-refractivity contribution in [1.82, 2.24) is 9.88 Å². The molecule has 1 unspecified atom stereocenters. The Balaban J connectivity index is 1.90. The molecule has 7 nitrogen and oxygen atoms in total. The van der Waals surface area contributed by atoms with E-state index in [1.54, 1.807) is 41.6 Å². The van der Waals surface area contributed by atoms with Crippen LogP contribution in [0.1, 0.15) is 49.3 Å². The van der Waals surface area contributed by atoms with Gasteiger partial charge in [-0.3, -0.25) is 14.6 Å². The van der Waals surface area contributed by atoms with Crippen LogP contribution in [0, 0.1) is 0 Å². The molecule has 7 heteroatoms. The molecule has 4 rings (SSSR count). The summed E-state index contributed by atoms with van der Waals surface area (Å²) in [7, 11) is 3.00. The van der Waals surface area contributed by atoms with E-state index in [0.29, 0.717) is 22.6 Å². The first-order valence-electron chi connectivity index (χ1n) is 10.5. The Morgan fingerprint density at radius 3 is 2.52 bits per heavy atom. The molecule has 1 atom stereocenters. The van der Waals surface area contributed by atoms with Crippen LogP contribution < -0.4 is 9.47 Å². The number of ketones is 1. The zero-order chi connectivity index (χ0) is 22.0. The summed E-state index contributed by atoms with van der Waals surface area (Å²) in [5, 5.41) is 11.3. The number of benzene rings is 1. The number of aliphatic hydroxyl groups is 1. The van der Waals surface area contributed by atoms with Crippen molar-refractivity contribution in [2.24, 2.45) is 0 Å². The van der Waals surface area contributed by atoms with Gasteiger partial charge in [0.25, 0.3) is 11.7 Å². The van der Waals surface area contributed by atoms with Gasteiger partial charge in [0.1, 0.15) is 17.3 Å². The predicted octanol–water partition coefficient (Wildman–Crippen LogP) is 3.85. The highest BCUT2D eigenvalue weighted by Crippen LogP contribution is 2.44. The van der Waals surface area contributed by atoms with Crippen molar-refractivity contribution in [3.8, 4) is 11.5 Å². The Bertz CT molecular complexity index is 1010. The summed E-state index contributed by atoms with van der Waals surface area (Å²) in [5.41, 5.74) is 1.04. The van der Waals surface area contributed by atoms with Crippen LogP contribution in [0.15, 0.2) is 48.3 Å². The normalized spacial score (nSPS) is 21.4. The predicted molar refractivity (Wildman–Crippen MR) is 115 cm³/mol. The molecule has 1 amide bonds. The van der Waals surface area contributed by atoms with Crippen molar-refractivity contribution in [2.45, 2.75) is 44.2 Å². The molecular formula is C24H26N2O5. The molecule has 0 spiro atoms. The first-order valence-corrected chi connectivity index (χ1v) is 10.5. The molecule has 0 bridgehead atoms. The van der Waals surface area contributed by atoms with Gasteiger partial charge >= 0.3 is 0 Å². The molecule has 1 aliphatic heterocycles. The van der Waals surface area contributed by atoms with Gasteiger partial charge < -0.3 is 19.5 Å². The number of rotatable bonds is 5. The number of methoxy groups -OCH3 is 2. The molecular weight excluding hydrogens is 396 g/mol. The number of Topliss-reactive ketones (excluding diaryl/α,β-unsaturated/α-hetero) is 1. The lowest BCUT2D eigenvalue weighted by atomic mass is 9.91. The molecule has 1 aromatic carbocycles. The summed E-state index contributed by atoms with van der Waals surface area (Å²) in [6.07, 6.45) is 8.11. The van der Waals surface area contributed by atoms with Gasteiger partial charge in [-0.2, -0.15) is 0 Å². The lowest BCUT2D eigenvalue weighted by molar-refractivity contribution is -0.141. The third-order valence-electron chi connectivity index (χ3n) is 6.11. The number of pyridine rings is 1. The van der Waals surface area contributed by atoms with Gasteiger partial charge in [-0.25, -0.2) is 0 Å². The van der Waals surface area contributed by atoms with E-state index in [1.165, 1.54) is 14.2 Å². The molecule has 1 aliphatic carbocycles. The van der Waals surface area contributed by atoms with Gasteiger partial charge in [0, 0.05) is 18.4 Å². The van der Waals surface area contributed by atoms with E-state index in [-0.39, 0.29) is 17.4 Å². The van der Waals surface area contributed by atoms with Crippen molar-refractivity contribution in [2.75, 3.05) is 14.2 Å². The second-order valence-corrected chi connectivity index (χ2v) is 7.85. The van der Waals surface area contributed by atoms with E-state index in [1.807, 2.05) is 6.07 Å². The van der Waals surface area contributed by atoms with Crippen LogP contribution in [0.3, 0.4) is 0 Å². The van der Waals surface area contributed by atoms with Crippen LogP contribution >= 0.6 is 0 Å². The molecule has 2 heterocycles. The summed E-state index contributed by atoms with van der Waals surface area (Å²) in [4.78, 5) is 32.2. The summed E-state index contributed by atoms with van der Waals surface area (Å²) in [6.45, 7) is 0. The molecule has 1 aromatic heterocycles. The van der Waals surface area contributed by atoms with Gasteiger partial charge in [-0.1, -0.05) is 25.3 Å². The fourth-order valence-electron chi connectivity index (χ4n) is 4.60. The fraction of sp³-hybridized carbons (Fsp3) is 0.375. The number of aliphatic hydroxyl groups excluding tert-OH is 1. The molecule has 1 saturated carbocycles. The molecule has 2 fully saturated rings. The highest BCUT2D eigenvalue weighted by molar-refractivity contribution is 6.46. The van der Waals surface area contributed by atoms with E-state index in [2.05, 4.69) is 4.98 Å². The Labute approximate surface area is 181 Å². The fourth-order valence-corrected chi connectivity index (χ4v) is 4.60. The topological polar surface area (TPSA) is 89.0 Å². The van der Waals surface area contributed by atoms with E-state index < -0.39 is 17.7 Å². The van der Waals surface area contributed by atoms with Gasteiger partial charge in [-0.05, 0) is 42.7 Å². The summed E-state index contributed by atoms with van der Waals surface area (Å²) >= 11 is 0. The molecule has 1 N–H and O–H groups in total. The minimum atomic E-state index is -0.701. The van der Waals surface area contributed by atoms with Gasteiger partial charge in [0.2, 0.25) is 0 Å². The largest absolute Gasteiger partial charge is 0.507 e. The van der Waals surface area contributed by atoms with Crippen LogP contribution in [-0.2, 0) is 9.59 Å². The second-order valence-electron chi connectivity index (χ2n) is 7.85. The Kier molecular flexibility index (Phi) is 5.93.